The van der Waals surface area contributed by atoms with Crippen LogP contribution in [0.5, 0.6) is 0 Å². The topological polar surface area (TPSA) is 64.7 Å². The van der Waals surface area contributed by atoms with Crippen LogP contribution >= 0.6 is 0 Å². The molecule has 0 aliphatic carbocycles. The monoisotopic (exact) mass is 398 g/mol. The van der Waals surface area contributed by atoms with E-state index in [0.29, 0.717) is 12.1 Å². The van der Waals surface area contributed by atoms with E-state index >= 15 is 0 Å². The van der Waals surface area contributed by atoms with E-state index in [0.717, 1.165) is 39.1 Å². The van der Waals surface area contributed by atoms with Crippen molar-refractivity contribution in [2.24, 2.45) is 0 Å². The van der Waals surface area contributed by atoms with Gasteiger partial charge < -0.3 is 20.4 Å². The van der Waals surface area contributed by atoms with Crippen molar-refractivity contribution in [1.29, 1.82) is 0 Å². The Morgan fingerprint density at radius 3 is 2.41 bits per heavy atom. The number of carbonyl (C=O) groups excluding carboxylic acids is 2. The lowest BCUT2D eigenvalue weighted by molar-refractivity contribution is 0.0946. The molecule has 2 aromatic rings. The number of nitrogens with zero attached hydrogens (tertiary/aromatic N) is 2. The van der Waals surface area contributed by atoms with Crippen LogP contribution in [0.25, 0.3) is 0 Å². The number of anilines is 1. The zero-order valence-electron chi connectivity index (χ0n) is 16.7. The van der Waals surface area contributed by atoms with E-state index in [1.165, 1.54) is 18.2 Å². The van der Waals surface area contributed by atoms with Crippen molar-refractivity contribution >= 4 is 17.5 Å². The number of rotatable bonds is 7. The van der Waals surface area contributed by atoms with Crippen LogP contribution in [0.2, 0.25) is 0 Å². The largest absolute Gasteiger partial charge is 0.352 e. The average molecular weight is 398 g/mol. The van der Waals surface area contributed by atoms with Gasteiger partial charge in [-0.2, -0.15) is 0 Å². The van der Waals surface area contributed by atoms with Crippen LogP contribution in [-0.2, 0) is 0 Å². The lowest BCUT2D eigenvalue weighted by Crippen LogP contribution is -2.45. The van der Waals surface area contributed by atoms with Gasteiger partial charge in [0.2, 0.25) is 0 Å². The third-order valence-corrected chi connectivity index (χ3v) is 5.06. The summed E-state index contributed by atoms with van der Waals surface area (Å²) < 4.78 is 14.4. The minimum atomic E-state index is -0.660. The average Bonchev–Trinajstić information content (AvgIpc) is 2.73. The quantitative estimate of drug-likeness (QED) is 0.704. The van der Waals surface area contributed by atoms with E-state index in [4.69, 9.17) is 0 Å². The van der Waals surface area contributed by atoms with E-state index in [2.05, 4.69) is 27.5 Å². The molecule has 2 aromatic carbocycles. The summed E-state index contributed by atoms with van der Waals surface area (Å²) in [5, 5.41) is 5.42. The number of amides is 2. The molecule has 29 heavy (non-hydrogen) atoms. The highest BCUT2D eigenvalue weighted by Gasteiger charge is 2.19. The Balaban J connectivity index is 1.56. The minimum absolute atomic E-state index is 0.142. The Labute approximate surface area is 170 Å². The van der Waals surface area contributed by atoms with Crippen molar-refractivity contribution in [2.45, 2.75) is 6.42 Å². The number of halogens is 1. The maximum absolute atomic E-state index is 14.4. The minimum Gasteiger partial charge on any atom is -0.352 e. The zero-order chi connectivity index (χ0) is 20.6. The summed E-state index contributed by atoms with van der Waals surface area (Å²) in [4.78, 5) is 29.6. The van der Waals surface area contributed by atoms with Crippen LogP contribution in [0.3, 0.4) is 0 Å². The zero-order valence-corrected chi connectivity index (χ0v) is 16.7. The molecule has 2 N–H and O–H groups in total. The highest BCUT2D eigenvalue weighted by molar-refractivity contribution is 6.09. The molecular formula is C22H27FN4O2. The molecule has 154 valence electrons. The van der Waals surface area contributed by atoms with Gasteiger partial charge in [-0.25, -0.2) is 4.39 Å². The van der Waals surface area contributed by atoms with Crippen molar-refractivity contribution in [3.63, 3.8) is 0 Å². The van der Waals surface area contributed by atoms with Crippen LogP contribution in [0.4, 0.5) is 10.1 Å². The second kappa shape index (κ2) is 10.1. The summed E-state index contributed by atoms with van der Waals surface area (Å²) in [6.07, 6.45) is 0.787. The molecule has 1 fully saturated rings. The summed E-state index contributed by atoms with van der Waals surface area (Å²) in [6.45, 7) is 5.48. The molecule has 1 aliphatic rings. The number of likely N-dealkylation sites (N-methyl/N-ethyl adjacent to an activating group) is 1. The number of hydrogen-bond donors (Lipinski definition) is 2. The van der Waals surface area contributed by atoms with Crippen molar-refractivity contribution in [2.75, 3.05) is 51.6 Å². The van der Waals surface area contributed by atoms with Crippen molar-refractivity contribution in [3.05, 3.63) is 65.5 Å². The molecule has 0 saturated carbocycles. The van der Waals surface area contributed by atoms with E-state index in [9.17, 15) is 14.0 Å². The van der Waals surface area contributed by atoms with Gasteiger partial charge in [0.25, 0.3) is 11.8 Å². The van der Waals surface area contributed by atoms with E-state index in [1.807, 2.05) is 0 Å². The summed E-state index contributed by atoms with van der Waals surface area (Å²) in [6, 6.07) is 12.8. The van der Waals surface area contributed by atoms with Crippen molar-refractivity contribution in [3.8, 4) is 0 Å². The molecule has 0 unspecified atom stereocenters. The fourth-order valence-corrected chi connectivity index (χ4v) is 3.31. The Kier molecular flexibility index (Phi) is 7.32. The van der Waals surface area contributed by atoms with E-state index in [-0.39, 0.29) is 17.2 Å². The maximum atomic E-state index is 14.4. The number of benzene rings is 2. The molecule has 7 heteroatoms. The van der Waals surface area contributed by atoms with Gasteiger partial charge >= 0.3 is 0 Å². The van der Waals surface area contributed by atoms with Gasteiger partial charge in [-0.1, -0.05) is 24.3 Å². The molecule has 0 atom stereocenters. The van der Waals surface area contributed by atoms with Gasteiger partial charge in [0, 0.05) is 38.3 Å². The van der Waals surface area contributed by atoms with Crippen LogP contribution in [0.15, 0.2) is 48.5 Å². The predicted octanol–water partition coefficient (Wildman–Crippen LogP) is 2.45. The van der Waals surface area contributed by atoms with E-state index < -0.39 is 11.7 Å². The lowest BCUT2D eigenvalue weighted by atomic mass is 10.1. The first-order valence-corrected chi connectivity index (χ1v) is 9.88. The molecule has 1 aliphatic heterocycles. The molecule has 0 aromatic heterocycles. The second-order valence-electron chi connectivity index (χ2n) is 7.24. The van der Waals surface area contributed by atoms with Gasteiger partial charge in [-0.15, -0.1) is 0 Å². The lowest BCUT2D eigenvalue weighted by Gasteiger charge is -2.32. The van der Waals surface area contributed by atoms with Gasteiger partial charge in [-0.05, 0) is 44.3 Å². The normalized spacial score (nSPS) is 15.1. The fraction of sp³-hybridized carbons (Fsp3) is 0.364. The number of hydrogen-bond acceptors (Lipinski definition) is 4. The summed E-state index contributed by atoms with van der Waals surface area (Å²) in [5.74, 6) is -1.57. The van der Waals surface area contributed by atoms with Crippen LogP contribution in [-0.4, -0.2) is 67.9 Å². The standard InChI is InChI=1S/C22H27FN4O2/c1-26-13-15-27(16-14-26)12-6-11-24-22(29)20-18(23)9-5-10-19(20)25-21(28)17-7-3-2-4-8-17/h2-5,7-10H,6,11-16H2,1H3,(H,24,29)(H,25,28). The third kappa shape index (κ3) is 5.85. The van der Waals surface area contributed by atoms with Crippen LogP contribution < -0.4 is 10.6 Å². The molecule has 6 nitrogen and oxygen atoms in total. The maximum Gasteiger partial charge on any atom is 0.256 e. The number of nitrogens with one attached hydrogen (secondary N) is 2. The first-order chi connectivity index (χ1) is 14.0. The second-order valence-corrected chi connectivity index (χ2v) is 7.24. The predicted molar refractivity (Wildman–Crippen MR) is 112 cm³/mol. The molecule has 0 spiro atoms. The smallest absolute Gasteiger partial charge is 0.256 e. The third-order valence-electron chi connectivity index (χ3n) is 5.06. The summed E-state index contributed by atoms with van der Waals surface area (Å²) in [5.41, 5.74) is 0.460. The van der Waals surface area contributed by atoms with Gasteiger partial charge in [0.15, 0.2) is 0 Å². The molecule has 1 heterocycles. The van der Waals surface area contributed by atoms with Crippen molar-refractivity contribution < 1.29 is 14.0 Å². The summed E-state index contributed by atoms with van der Waals surface area (Å²) in [7, 11) is 2.11. The molecule has 2 amide bonds. The SMILES string of the molecule is CN1CCN(CCCNC(=O)c2c(F)cccc2NC(=O)c2ccccc2)CC1. The molecule has 3 rings (SSSR count). The number of piperazine rings is 1. The van der Waals surface area contributed by atoms with Gasteiger partial charge in [0.1, 0.15) is 5.82 Å². The van der Waals surface area contributed by atoms with Gasteiger partial charge in [-0.3, -0.25) is 9.59 Å². The molecule has 0 radical (unpaired) electrons. The highest BCUT2D eigenvalue weighted by Crippen LogP contribution is 2.20. The Morgan fingerprint density at radius 1 is 0.966 bits per heavy atom. The first-order valence-electron chi connectivity index (χ1n) is 9.88. The Morgan fingerprint density at radius 2 is 1.69 bits per heavy atom. The fourth-order valence-electron chi connectivity index (χ4n) is 3.31. The molecule has 1 saturated heterocycles. The van der Waals surface area contributed by atoms with Gasteiger partial charge in [0.05, 0.1) is 11.3 Å². The first kappa shape index (κ1) is 21.0. The highest BCUT2D eigenvalue weighted by atomic mass is 19.1. The van der Waals surface area contributed by atoms with E-state index in [1.54, 1.807) is 30.3 Å². The van der Waals surface area contributed by atoms with Crippen LogP contribution in [0.1, 0.15) is 27.1 Å². The number of carbonyl (C=O) groups is 2. The Hall–Kier alpha value is -2.77. The molecule has 0 bridgehead atoms. The molecular weight excluding hydrogens is 371 g/mol. The Bertz CT molecular complexity index is 836. The van der Waals surface area contributed by atoms with Crippen LogP contribution in [0, 0.1) is 5.82 Å². The van der Waals surface area contributed by atoms with Crippen molar-refractivity contribution in [1.82, 2.24) is 15.1 Å². The summed E-state index contributed by atoms with van der Waals surface area (Å²) >= 11 is 0.